The van der Waals surface area contributed by atoms with Crippen molar-refractivity contribution in [2.45, 2.75) is 0 Å². The molecule has 0 saturated heterocycles. The summed E-state index contributed by atoms with van der Waals surface area (Å²) in [7, 11) is 1.43. The summed E-state index contributed by atoms with van der Waals surface area (Å²) in [5.41, 5.74) is -1.33. The van der Waals surface area contributed by atoms with E-state index in [2.05, 4.69) is 0 Å². The van der Waals surface area contributed by atoms with Crippen LogP contribution in [0.5, 0.6) is 0 Å². The van der Waals surface area contributed by atoms with Gasteiger partial charge >= 0.3 is 17.2 Å². The first-order valence-corrected chi connectivity index (χ1v) is 4.48. The zero-order chi connectivity index (χ0) is 11.9. The monoisotopic (exact) mass is 220 g/mol. The standard InChI is InChI=1S/C10H8N2O4/c1-11-6-4-2-3-5-7(6)12(10(15)16)9(14)8(11)13/h2-5H,1H3,(H,15,16). The number of benzene rings is 1. The highest BCUT2D eigenvalue weighted by atomic mass is 16.4. The van der Waals surface area contributed by atoms with E-state index in [0.29, 0.717) is 10.1 Å². The Kier molecular flexibility index (Phi) is 2.12. The molecule has 6 heteroatoms. The summed E-state index contributed by atoms with van der Waals surface area (Å²) in [4.78, 5) is 33.9. The lowest BCUT2D eigenvalue weighted by atomic mass is 10.3. The largest absolute Gasteiger partial charge is 0.464 e. The van der Waals surface area contributed by atoms with Crippen molar-refractivity contribution >= 4 is 17.1 Å². The van der Waals surface area contributed by atoms with E-state index in [1.54, 1.807) is 18.2 Å². The molecule has 2 aromatic rings. The molecule has 0 aliphatic heterocycles. The van der Waals surface area contributed by atoms with Crippen molar-refractivity contribution in [1.29, 1.82) is 0 Å². The minimum atomic E-state index is -1.46. The van der Waals surface area contributed by atoms with Crippen molar-refractivity contribution < 1.29 is 9.90 Å². The van der Waals surface area contributed by atoms with E-state index >= 15 is 0 Å². The van der Waals surface area contributed by atoms with Gasteiger partial charge in [-0.2, -0.15) is 0 Å². The number of nitrogens with zero attached hydrogens (tertiary/aromatic N) is 2. The molecule has 0 saturated carbocycles. The van der Waals surface area contributed by atoms with Crippen molar-refractivity contribution in [3.8, 4) is 0 Å². The van der Waals surface area contributed by atoms with Crippen molar-refractivity contribution in [3.63, 3.8) is 0 Å². The minimum absolute atomic E-state index is 0.196. The fourth-order valence-electron chi connectivity index (χ4n) is 1.58. The molecule has 0 atom stereocenters. The molecule has 0 spiro atoms. The number of carbonyl (C=O) groups is 1. The van der Waals surface area contributed by atoms with Crippen LogP contribution in [0, 0.1) is 0 Å². The smallest absolute Gasteiger partial charge is 0.419 e. The molecule has 0 bridgehead atoms. The Labute approximate surface area is 89.0 Å². The second kappa shape index (κ2) is 3.34. The van der Waals surface area contributed by atoms with Gasteiger partial charge in [0, 0.05) is 7.05 Å². The Bertz CT molecular complexity index is 696. The van der Waals surface area contributed by atoms with Gasteiger partial charge in [0.15, 0.2) is 0 Å². The summed E-state index contributed by atoms with van der Waals surface area (Å²) in [6.07, 6.45) is -1.46. The molecule has 1 aromatic carbocycles. The average Bonchev–Trinajstić information content (AvgIpc) is 2.26. The van der Waals surface area contributed by atoms with Gasteiger partial charge in [-0.25, -0.2) is 9.36 Å². The number of rotatable bonds is 0. The second-order valence-electron chi connectivity index (χ2n) is 3.28. The highest BCUT2D eigenvalue weighted by molar-refractivity contribution is 5.84. The Morgan fingerprint density at radius 3 is 2.25 bits per heavy atom. The third-order valence-corrected chi connectivity index (χ3v) is 2.37. The van der Waals surface area contributed by atoms with E-state index in [4.69, 9.17) is 5.11 Å². The average molecular weight is 220 g/mol. The first-order valence-electron chi connectivity index (χ1n) is 4.48. The normalized spacial score (nSPS) is 10.6. The second-order valence-corrected chi connectivity index (χ2v) is 3.28. The van der Waals surface area contributed by atoms with Crippen LogP contribution in [0.2, 0.25) is 0 Å². The van der Waals surface area contributed by atoms with Crippen LogP contribution >= 0.6 is 0 Å². The number of aromatic nitrogens is 2. The molecule has 82 valence electrons. The molecule has 1 N–H and O–H groups in total. The molecular formula is C10H8N2O4. The minimum Gasteiger partial charge on any atom is -0.464 e. The molecule has 1 heterocycles. The Morgan fingerprint density at radius 2 is 1.69 bits per heavy atom. The molecule has 1 aromatic heterocycles. The third kappa shape index (κ3) is 1.23. The van der Waals surface area contributed by atoms with Crippen LogP contribution in [-0.4, -0.2) is 20.3 Å². The number of hydrogen-bond acceptors (Lipinski definition) is 3. The van der Waals surface area contributed by atoms with Crippen LogP contribution in [-0.2, 0) is 7.05 Å². The SMILES string of the molecule is Cn1c(=O)c(=O)n(C(=O)O)c2ccccc21. The molecule has 0 unspecified atom stereocenters. The van der Waals surface area contributed by atoms with E-state index in [0.717, 1.165) is 4.57 Å². The summed E-state index contributed by atoms with van der Waals surface area (Å²) in [5, 5.41) is 8.89. The highest BCUT2D eigenvalue weighted by Crippen LogP contribution is 2.08. The fourth-order valence-corrected chi connectivity index (χ4v) is 1.58. The lowest BCUT2D eigenvalue weighted by Gasteiger charge is -2.07. The maximum Gasteiger partial charge on any atom is 0.419 e. The number of aryl methyl sites for hydroxylation is 1. The molecule has 2 rings (SSSR count). The van der Waals surface area contributed by atoms with E-state index in [9.17, 15) is 14.4 Å². The summed E-state index contributed by atoms with van der Waals surface area (Å²) in [6.45, 7) is 0. The van der Waals surface area contributed by atoms with Gasteiger partial charge in [0.1, 0.15) is 0 Å². The zero-order valence-corrected chi connectivity index (χ0v) is 8.38. The Hall–Kier alpha value is -2.37. The molecular weight excluding hydrogens is 212 g/mol. The van der Waals surface area contributed by atoms with Crippen LogP contribution in [0.4, 0.5) is 4.79 Å². The lowest BCUT2D eigenvalue weighted by molar-refractivity contribution is 0.196. The molecule has 0 aliphatic carbocycles. The van der Waals surface area contributed by atoms with E-state index < -0.39 is 17.2 Å². The van der Waals surface area contributed by atoms with Gasteiger partial charge in [-0.15, -0.1) is 0 Å². The maximum atomic E-state index is 11.5. The molecule has 0 radical (unpaired) electrons. The van der Waals surface area contributed by atoms with Crippen molar-refractivity contribution in [2.24, 2.45) is 7.05 Å². The zero-order valence-electron chi connectivity index (χ0n) is 8.38. The number of fused-ring (bicyclic) bond motifs is 1. The van der Waals surface area contributed by atoms with Crippen molar-refractivity contribution in [1.82, 2.24) is 9.13 Å². The molecule has 16 heavy (non-hydrogen) atoms. The van der Waals surface area contributed by atoms with Crippen molar-refractivity contribution in [2.75, 3.05) is 0 Å². The highest BCUT2D eigenvalue weighted by Gasteiger charge is 2.14. The van der Waals surface area contributed by atoms with Crippen LogP contribution < -0.4 is 11.1 Å². The molecule has 0 aliphatic rings. The van der Waals surface area contributed by atoms with Gasteiger partial charge in [0.2, 0.25) is 0 Å². The summed E-state index contributed by atoms with van der Waals surface area (Å²) in [6, 6.07) is 6.32. The molecule has 6 nitrogen and oxygen atoms in total. The first-order chi connectivity index (χ1) is 7.54. The predicted molar refractivity (Wildman–Crippen MR) is 56.9 cm³/mol. The quantitative estimate of drug-likeness (QED) is 0.644. The topological polar surface area (TPSA) is 81.3 Å². The predicted octanol–water partition coefficient (Wildman–Crippen LogP) is 0.226. The van der Waals surface area contributed by atoms with Crippen LogP contribution in [0.15, 0.2) is 33.9 Å². The van der Waals surface area contributed by atoms with Gasteiger partial charge < -0.3 is 9.67 Å². The maximum absolute atomic E-state index is 11.5. The van der Waals surface area contributed by atoms with Gasteiger partial charge in [-0.1, -0.05) is 12.1 Å². The first kappa shape index (κ1) is 10.2. The van der Waals surface area contributed by atoms with E-state index in [1.165, 1.54) is 13.1 Å². The van der Waals surface area contributed by atoms with Crippen LogP contribution in [0.3, 0.4) is 0 Å². The third-order valence-electron chi connectivity index (χ3n) is 2.37. The number of para-hydroxylation sites is 2. The lowest BCUT2D eigenvalue weighted by Crippen LogP contribution is -2.42. The summed E-state index contributed by atoms with van der Waals surface area (Å²) in [5.74, 6) is 0. The fraction of sp³-hybridized carbons (Fsp3) is 0.100. The molecule has 0 amide bonds. The van der Waals surface area contributed by atoms with Gasteiger partial charge in [0.05, 0.1) is 11.0 Å². The summed E-state index contributed by atoms with van der Waals surface area (Å²) >= 11 is 0. The Balaban J connectivity index is 3.17. The van der Waals surface area contributed by atoms with Crippen LogP contribution in [0.25, 0.3) is 11.0 Å². The van der Waals surface area contributed by atoms with Gasteiger partial charge in [0.25, 0.3) is 0 Å². The molecule has 0 fully saturated rings. The summed E-state index contributed by atoms with van der Waals surface area (Å²) < 4.78 is 1.59. The van der Waals surface area contributed by atoms with E-state index in [-0.39, 0.29) is 5.52 Å². The number of hydrogen-bond donors (Lipinski definition) is 1. The van der Waals surface area contributed by atoms with Gasteiger partial charge in [-0.3, -0.25) is 9.59 Å². The van der Waals surface area contributed by atoms with Crippen molar-refractivity contribution in [3.05, 3.63) is 45.0 Å². The van der Waals surface area contributed by atoms with Crippen LogP contribution in [0.1, 0.15) is 0 Å². The number of carboxylic acid groups (broad SMARTS) is 1. The van der Waals surface area contributed by atoms with E-state index in [1.807, 2.05) is 0 Å². The Morgan fingerprint density at radius 1 is 1.12 bits per heavy atom. The van der Waals surface area contributed by atoms with Gasteiger partial charge in [-0.05, 0) is 12.1 Å².